The van der Waals surface area contributed by atoms with Crippen LogP contribution in [0.2, 0.25) is 0 Å². The fourth-order valence-electron chi connectivity index (χ4n) is 1.22. The van der Waals surface area contributed by atoms with E-state index in [0.717, 1.165) is 0 Å². The van der Waals surface area contributed by atoms with Gasteiger partial charge in [0.1, 0.15) is 6.61 Å². The fourth-order valence-corrected chi connectivity index (χ4v) is 1.31. The number of aliphatic imine (C=N–C) groups is 1. The molecule has 1 rings (SSSR count). The summed E-state index contributed by atoms with van der Waals surface area (Å²) in [6.45, 7) is 0.900. The Kier molecular flexibility index (Phi) is 5.32. The van der Waals surface area contributed by atoms with Crippen LogP contribution in [0.1, 0.15) is 0 Å². The third-order valence-electron chi connectivity index (χ3n) is 1.89. The van der Waals surface area contributed by atoms with Crippen LogP contribution in [0.4, 0.5) is 0 Å². The first-order valence-electron chi connectivity index (χ1n) is 4.71. The molecule has 5 heteroatoms. The maximum atomic E-state index is 5.49. The van der Waals surface area contributed by atoms with Crippen molar-refractivity contribution in [2.75, 3.05) is 27.4 Å². The topological polar surface area (TPSA) is 40.0 Å². The molecule has 0 amide bonds. The number of ether oxygens (including phenoxy) is 3. The average molecular weight is 239 g/mol. The van der Waals surface area contributed by atoms with Gasteiger partial charge in [-0.1, -0.05) is 6.07 Å². The van der Waals surface area contributed by atoms with Gasteiger partial charge in [0.2, 0.25) is 5.75 Å². The quantitative estimate of drug-likeness (QED) is 0.433. The molecule has 0 aromatic heterocycles. The Morgan fingerprint density at radius 1 is 1.25 bits per heavy atom. The molecule has 86 valence electrons. The standard InChI is InChI=1S/C11H13NO3S/c1-13-9-4-3-5-10(11(9)14-2)15-7-6-12-8-16/h3-5H,6-7H2,1-2H3. The largest absolute Gasteiger partial charge is 0.493 e. The van der Waals surface area contributed by atoms with Crippen molar-refractivity contribution >= 4 is 17.4 Å². The van der Waals surface area contributed by atoms with Crippen molar-refractivity contribution in [3.05, 3.63) is 18.2 Å². The van der Waals surface area contributed by atoms with Crippen LogP contribution >= 0.6 is 12.2 Å². The van der Waals surface area contributed by atoms with Gasteiger partial charge in [-0.25, -0.2) is 4.99 Å². The fraction of sp³-hybridized carbons (Fsp3) is 0.364. The van der Waals surface area contributed by atoms with Gasteiger partial charge < -0.3 is 14.2 Å². The number of rotatable bonds is 6. The van der Waals surface area contributed by atoms with Crippen LogP contribution in [0, 0.1) is 0 Å². The summed E-state index contributed by atoms with van der Waals surface area (Å²) in [4.78, 5) is 3.75. The summed E-state index contributed by atoms with van der Waals surface area (Å²) >= 11 is 4.45. The Morgan fingerprint density at radius 2 is 2.00 bits per heavy atom. The summed E-state index contributed by atoms with van der Waals surface area (Å²) in [7, 11) is 3.15. The van der Waals surface area contributed by atoms with Crippen LogP contribution in [-0.4, -0.2) is 32.5 Å². The molecule has 0 unspecified atom stereocenters. The van der Waals surface area contributed by atoms with Crippen LogP contribution in [0.5, 0.6) is 17.2 Å². The molecule has 0 radical (unpaired) electrons. The van der Waals surface area contributed by atoms with Gasteiger partial charge in [0.25, 0.3) is 0 Å². The Hall–Kier alpha value is -1.58. The van der Waals surface area contributed by atoms with Crippen LogP contribution in [0.15, 0.2) is 23.2 Å². The van der Waals surface area contributed by atoms with Crippen LogP contribution in [-0.2, 0) is 0 Å². The lowest BCUT2D eigenvalue weighted by Crippen LogP contribution is -2.02. The highest BCUT2D eigenvalue weighted by atomic mass is 32.1. The average Bonchev–Trinajstić information content (AvgIpc) is 2.34. The first kappa shape index (κ1) is 12.5. The highest BCUT2D eigenvalue weighted by Crippen LogP contribution is 2.36. The normalized spacial score (nSPS) is 9.12. The molecule has 1 aromatic carbocycles. The summed E-state index contributed by atoms with van der Waals surface area (Å²) in [5.41, 5.74) is 0. The van der Waals surface area contributed by atoms with Crippen molar-refractivity contribution in [1.29, 1.82) is 0 Å². The van der Waals surface area contributed by atoms with E-state index in [0.29, 0.717) is 30.4 Å². The van der Waals surface area contributed by atoms with Crippen molar-refractivity contribution in [3.63, 3.8) is 0 Å². The van der Waals surface area contributed by atoms with Gasteiger partial charge in [-0.3, -0.25) is 0 Å². The minimum atomic E-state index is 0.424. The summed E-state index contributed by atoms with van der Waals surface area (Å²) in [6.07, 6.45) is 0. The number of thiocarbonyl (C=S) groups is 1. The molecule has 0 atom stereocenters. The lowest BCUT2D eigenvalue weighted by atomic mass is 10.3. The lowest BCUT2D eigenvalue weighted by molar-refractivity contribution is 0.291. The molecule has 4 nitrogen and oxygen atoms in total. The number of benzene rings is 1. The molecular formula is C11H13NO3S. The summed E-state index contributed by atoms with van der Waals surface area (Å²) in [5, 5.41) is 2.28. The van der Waals surface area contributed by atoms with Crippen LogP contribution in [0.3, 0.4) is 0 Å². The Balaban J connectivity index is 2.74. The second kappa shape index (κ2) is 6.82. The van der Waals surface area contributed by atoms with Gasteiger partial charge in [0.05, 0.1) is 25.9 Å². The molecule has 0 aliphatic carbocycles. The Morgan fingerprint density at radius 3 is 2.62 bits per heavy atom. The van der Waals surface area contributed by atoms with E-state index in [4.69, 9.17) is 14.2 Å². The van der Waals surface area contributed by atoms with E-state index in [9.17, 15) is 0 Å². The van der Waals surface area contributed by atoms with Gasteiger partial charge >= 0.3 is 0 Å². The number of isothiocyanates is 1. The zero-order valence-electron chi connectivity index (χ0n) is 9.23. The molecule has 0 aliphatic rings. The van der Waals surface area contributed by atoms with Crippen molar-refractivity contribution in [1.82, 2.24) is 0 Å². The van der Waals surface area contributed by atoms with Gasteiger partial charge in [-0.15, -0.1) is 0 Å². The van der Waals surface area contributed by atoms with Gasteiger partial charge in [0, 0.05) is 0 Å². The number of methoxy groups -OCH3 is 2. The molecule has 0 fully saturated rings. The van der Waals surface area contributed by atoms with Crippen molar-refractivity contribution in [2.45, 2.75) is 0 Å². The summed E-state index contributed by atoms with van der Waals surface area (Å²) in [6, 6.07) is 5.45. The van der Waals surface area contributed by atoms with Gasteiger partial charge in [-0.2, -0.15) is 0 Å². The predicted molar refractivity (Wildman–Crippen MR) is 64.9 cm³/mol. The number of para-hydroxylation sites is 1. The van der Waals surface area contributed by atoms with Crippen LogP contribution in [0.25, 0.3) is 0 Å². The molecule has 0 saturated carbocycles. The first-order valence-corrected chi connectivity index (χ1v) is 5.11. The van der Waals surface area contributed by atoms with Crippen LogP contribution < -0.4 is 14.2 Å². The zero-order chi connectivity index (χ0) is 11.8. The van der Waals surface area contributed by atoms with E-state index in [2.05, 4.69) is 22.4 Å². The Bertz CT molecular complexity index is 389. The summed E-state index contributed by atoms with van der Waals surface area (Å²) in [5.74, 6) is 1.84. The van der Waals surface area contributed by atoms with Crippen molar-refractivity contribution in [3.8, 4) is 17.2 Å². The smallest absolute Gasteiger partial charge is 0.203 e. The SMILES string of the molecule is COc1cccc(OCCN=C=S)c1OC. The molecule has 0 bridgehead atoms. The third kappa shape index (κ3) is 3.22. The number of nitrogens with zero attached hydrogens (tertiary/aromatic N) is 1. The van der Waals surface area contributed by atoms with Gasteiger partial charge in [0.15, 0.2) is 11.5 Å². The monoisotopic (exact) mass is 239 g/mol. The highest BCUT2D eigenvalue weighted by molar-refractivity contribution is 7.78. The first-order chi connectivity index (χ1) is 7.83. The molecule has 0 aliphatic heterocycles. The van der Waals surface area contributed by atoms with Crippen molar-refractivity contribution < 1.29 is 14.2 Å². The van der Waals surface area contributed by atoms with E-state index in [-0.39, 0.29) is 0 Å². The maximum Gasteiger partial charge on any atom is 0.203 e. The van der Waals surface area contributed by atoms with E-state index in [1.165, 1.54) is 0 Å². The number of hydrogen-bond acceptors (Lipinski definition) is 5. The highest BCUT2D eigenvalue weighted by Gasteiger charge is 2.09. The zero-order valence-corrected chi connectivity index (χ0v) is 10.0. The second-order valence-electron chi connectivity index (χ2n) is 2.81. The third-order valence-corrected chi connectivity index (χ3v) is 2.02. The molecular weight excluding hydrogens is 226 g/mol. The minimum Gasteiger partial charge on any atom is -0.493 e. The second-order valence-corrected chi connectivity index (χ2v) is 3.00. The molecule has 0 spiro atoms. The molecule has 0 N–H and O–H groups in total. The molecule has 1 aromatic rings. The van der Waals surface area contributed by atoms with E-state index >= 15 is 0 Å². The predicted octanol–water partition coefficient (Wildman–Crippen LogP) is 2.19. The Labute approximate surface area is 99.9 Å². The van der Waals surface area contributed by atoms with Crippen molar-refractivity contribution in [2.24, 2.45) is 4.99 Å². The molecule has 0 saturated heterocycles. The summed E-state index contributed by atoms with van der Waals surface area (Å²) < 4.78 is 15.8. The van der Waals surface area contributed by atoms with Gasteiger partial charge in [-0.05, 0) is 24.4 Å². The van der Waals surface area contributed by atoms with E-state index < -0.39 is 0 Å². The lowest BCUT2D eigenvalue weighted by Gasteiger charge is -2.12. The molecule has 0 heterocycles. The molecule has 16 heavy (non-hydrogen) atoms. The minimum absolute atomic E-state index is 0.424. The number of hydrogen-bond donors (Lipinski definition) is 0. The maximum absolute atomic E-state index is 5.49. The van der Waals surface area contributed by atoms with E-state index in [1.54, 1.807) is 20.3 Å². The van der Waals surface area contributed by atoms with E-state index in [1.807, 2.05) is 12.1 Å².